The van der Waals surface area contributed by atoms with Crippen LogP contribution < -0.4 is 11.1 Å². The molecule has 94 valence electrons. The van der Waals surface area contributed by atoms with Crippen LogP contribution in [0.4, 0.5) is 0 Å². The van der Waals surface area contributed by atoms with Gasteiger partial charge in [0.25, 0.3) is 0 Å². The average Bonchev–Trinajstić information content (AvgIpc) is 2.88. The van der Waals surface area contributed by atoms with E-state index in [1.165, 1.54) is 0 Å². The van der Waals surface area contributed by atoms with Gasteiger partial charge in [-0.1, -0.05) is 12.8 Å². The number of nitrogens with one attached hydrogen (secondary N) is 1. The van der Waals surface area contributed by atoms with Crippen LogP contribution in [0, 0.1) is 0 Å². The van der Waals surface area contributed by atoms with E-state index >= 15 is 0 Å². The van der Waals surface area contributed by atoms with Gasteiger partial charge in [-0.15, -0.1) is 10.2 Å². The van der Waals surface area contributed by atoms with Gasteiger partial charge in [0.1, 0.15) is 6.33 Å². The van der Waals surface area contributed by atoms with E-state index < -0.39 is 5.54 Å². The molecule has 2 rings (SSSR count). The highest BCUT2D eigenvalue weighted by Crippen LogP contribution is 2.27. The molecule has 0 bridgehead atoms. The first-order chi connectivity index (χ1) is 8.03. The second kappa shape index (κ2) is 4.44. The number of aryl methyl sites for hydroxylation is 1. The first-order valence-corrected chi connectivity index (χ1v) is 5.97. The third kappa shape index (κ3) is 2.31. The van der Waals surface area contributed by atoms with Gasteiger partial charge in [-0.25, -0.2) is 0 Å². The van der Waals surface area contributed by atoms with Gasteiger partial charge in [-0.05, 0) is 19.8 Å². The quantitative estimate of drug-likeness (QED) is 0.789. The molecular weight excluding hydrogens is 218 g/mol. The zero-order valence-electron chi connectivity index (χ0n) is 10.3. The number of carbonyl (C=O) groups excluding carboxylic acids is 1. The van der Waals surface area contributed by atoms with Crippen LogP contribution in [0.25, 0.3) is 0 Å². The summed E-state index contributed by atoms with van der Waals surface area (Å²) in [4.78, 5) is 12.1. The standard InChI is InChI=1S/C11H19N5O/c1-8(9-15-13-7-16(9)2)14-10(17)11(12)5-3-4-6-11/h7-8H,3-6,12H2,1-2H3,(H,14,17). The number of rotatable bonds is 3. The molecule has 0 spiro atoms. The summed E-state index contributed by atoms with van der Waals surface area (Å²) in [5, 5.41) is 10.7. The third-order valence-electron chi connectivity index (χ3n) is 3.43. The molecule has 1 saturated carbocycles. The molecule has 3 N–H and O–H groups in total. The summed E-state index contributed by atoms with van der Waals surface area (Å²) in [6.45, 7) is 1.89. The van der Waals surface area contributed by atoms with Crippen LogP contribution >= 0.6 is 0 Å². The maximum absolute atomic E-state index is 12.1. The Hall–Kier alpha value is -1.43. The van der Waals surface area contributed by atoms with E-state index in [1.807, 2.05) is 14.0 Å². The van der Waals surface area contributed by atoms with E-state index in [1.54, 1.807) is 10.9 Å². The van der Waals surface area contributed by atoms with Gasteiger partial charge in [0.15, 0.2) is 5.82 Å². The SMILES string of the molecule is CC(NC(=O)C1(N)CCCC1)c1nncn1C. The van der Waals surface area contributed by atoms with Crippen LogP contribution in [0.1, 0.15) is 44.5 Å². The number of amides is 1. The van der Waals surface area contributed by atoms with Crippen molar-refractivity contribution >= 4 is 5.91 Å². The van der Waals surface area contributed by atoms with Crippen molar-refractivity contribution < 1.29 is 4.79 Å². The number of nitrogens with two attached hydrogens (primary N) is 1. The van der Waals surface area contributed by atoms with Crippen molar-refractivity contribution in [2.45, 2.75) is 44.2 Å². The Morgan fingerprint density at radius 3 is 2.76 bits per heavy atom. The van der Waals surface area contributed by atoms with Gasteiger partial charge < -0.3 is 15.6 Å². The lowest BCUT2D eigenvalue weighted by Crippen LogP contribution is -2.52. The monoisotopic (exact) mass is 237 g/mol. The Labute approximate surface area is 101 Å². The third-order valence-corrected chi connectivity index (χ3v) is 3.43. The molecule has 0 aromatic carbocycles. The van der Waals surface area contributed by atoms with E-state index in [-0.39, 0.29) is 11.9 Å². The minimum absolute atomic E-state index is 0.0782. The van der Waals surface area contributed by atoms with E-state index in [0.717, 1.165) is 31.5 Å². The van der Waals surface area contributed by atoms with E-state index in [9.17, 15) is 4.79 Å². The van der Waals surface area contributed by atoms with Crippen LogP contribution in [0.5, 0.6) is 0 Å². The van der Waals surface area contributed by atoms with Crippen molar-refractivity contribution in [3.63, 3.8) is 0 Å². The largest absolute Gasteiger partial charge is 0.345 e. The Morgan fingerprint density at radius 2 is 2.24 bits per heavy atom. The Kier molecular flexibility index (Phi) is 3.15. The second-order valence-corrected chi connectivity index (χ2v) is 4.86. The normalized spacial score (nSPS) is 20.2. The average molecular weight is 237 g/mol. The summed E-state index contributed by atoms with van der Waals surface area (Å²) in [6, 6.07) is -0.170. The molecule has 1 aliphatic rings. The fourth-order valence-electron chi connectivity index (χ4n) is 2.32. The molecule has 6 heteroatoms. The Morgan fingerprint density at radius 1 is 1.59 bits per heavy atom. The molecule has 17 heavy (non-hydrogen) atoms. The number of carbonyl (C=O) groups is 1. The fraction of sp³-hybridized carbons (Fsp3) is 0.727. The molecule has 1 atom stereocenters. The van der Waals surface area contributed by atoms with Gasteiger partial charge >= 0.3 is 0 Å². The van der Waals surface area contributed by atoms with Crippen molar-refractivity contribution in [3.05, 3.63) is 12.2 Å². The second-order valence-electron chi connectivity index (χ2n) is 4.86. The molecule has 0 saturated heterocycles. The zero-order chi connectivity index (χ0) is 12.5. The van der Waals surface area contributed by atoms with E-state index in [4.69, 9.17) is 5.73 Å². The highest BCUT2D eigenvalue weighted by atomic mass is 16.2. The number of nitrogens with zero attached hydrogens (tertiary/aromatic N) is 3. The Bertz CT molecular complexity index is 408. The number of aromatic nitrogens is 3. The van der Waals surface area contributed by atoms with E-state index in [2.05, 4.69) is 15.5 Å². The lowest BCUT2D eigenvalue weighted by molar-refractivity contribution is -0.126. The molecule has 6 nitrogen and oxygen atoms in total. The molecule has 1 aromatic rings. The van der Waals surface area contributed by atoms with Crippen LogP contribution in [0.2, 0.25) is 0 Å². The van der Waals surface area contributed by atoms with Crippen molar-refractivity contribution in [3.8, 4) is 0 Å². The van der Waals surface area contributed by atoms with Gasteiger partial charge in [0, 0.05) is 7.05 Å². The van der Waals surface area contributed by atoms with Crippen molar-refractivity contribution in [1.82, 2.24) is 20.1 Å². The highest BCUT2D eigenvalue weighted by Gasteiger charge is 2.37. The number of hydrogen-bond acceptors (Lipinski definition) is 4. The van der Waals surface area contributed by atoms with Crippen LogP contribution in [-0.2, 0) is 11.8 Å². The van der Waals surface area contributed by atoms with Crippen molar-refractivity contribution in [1.29, 1.82) is 0 Å². The molecular formula is C11H19N5O. The first kappa shape index (κ1) is 12.0. The fourth-order valence-corrected chi connectivity index (χ4v) is 2.32. The summed E-state index contributed by atoms with van der Waals surface area (Å²) in [5.74, 6) is 0.658. The topological polar surface area (TPSA) is 85.8 Å². The van der Waals surface area contributed by atoms with Crippen LogP contribution in [0.15, 0.2) is 6.33 Å². The summed E-state index contributed by atoms with van der Waals surface area (Å²) in [5.41, 5.74) is 5.40. The molecule has 1 fully saturated rings. The minimum Gasteiger partial charge on any atom is -0.345 e. The van der Waals surface area contributed by atoms with Crippen LogP contribution in [0.3, 0.4) is 0 Å². The molecule has 1 aliphatic carbocycles. The maximum Gasteiger partial charge on any atom is 0.240 e. The van der Waals surface area contributed by atoms with Crippen molar-refractivity contribution in [2.75, 3.05) is 0 Å². The lowest BCUT2D eigenvalue weighted by Gasteiger charge is -2.24. The Balaban J connectivity index is 2.02. The predicted octanol–water partition coefficient (Wildman–Crippen LogP) is 0.264. The van der Waals surface area contributed by atoms with E-state index in [0.29, 0.717) is 0 Å². The lowest BCUT2D eigenvalue weighted by atomic mass is 9.98. The predicted molar refractivity (Wildman–Crippen MR) is 62.9 cm³/mol. The van der Waals surface area contributed by atoms with Crippen LogP contribution in [-0.4, -0.2) is 26.2 Å². The van der Waals surface area contributed by atoms with Gasteiger partial charge in [-0.2, -0.15) is 0 Å². The molecule has 1 heterocycles. The smallest absolute Gasteiger partial charge is 0.240 e. The molecule has 1 aromatic heterocycles. The number of hydrogen-bond donors (Lipinski definition) is 2. The summed E-state index contributed by atoms with van der Waals surface area (Å²) < 4.78 is 1.79. The van der Waals surface area contributed by atoms with Gasteiger partial charge in [0.2, 0.25) is 5.91 Å². The summed E-state index contributed by atoms with van der Waals surface area (Å²) in [6.07, 6.45) is 5.21. The zero-order valence-corrected chi connectivity index (χ0v) is 10.3. The minimum atomic E-state index is -0.688. The summed E-state index contributed by atoms with van der Waals surface area (Å²) in [7, 11) is 1.85. The van der Waals surface area contributed by atoms with Gasteiger partial charge in [-0.3, -0.25) is 4.79 Å². The maximum atomic E-state index is 12.1. The van der Waals surface area contributed by atoms with Gasteiger partial charge in [0.05, 0.1) is 11.6 Å². The molecule has 1 amide bonds. The van der Waals surface area contributed by atoms with Crippen molar-refractivity contribution in [2.24, 2.45) is 12.8 Å². The first-order valence-electron chi connectivity index (χ1n) is 5.97. The molecule has 0 radical (unpaired) electrons. The summed E-state index contributed by atoms with van der Waals surface area (Å²) >= 11 is 0. The highest BCUT2D eigenvalue weighted by molar-refractivity contribution is 5.86. The molecule has 0 aliphatic heterocycles. The molecule has 1 unspecified atom stereocenters.